The van der Waals surface area contributed by atoms with Crippen molar-refractivity contribution >= 4 is 5.97 Å². The number of nitrogens with two attached hydrogens (primary N) is 1. The van der Waals surface area contributed by atoms with Crippen LogP contribution in [0.15, 0.2) is 53.7 Å². The first kappa shape index (κ1) is 11.9. The van der Waals surface area contributed by atoms with Crippen molar-refractivity contribution in [2.75, 3.05) is 13.0 Å². The van der Waals surface area contributed by atoms with Crippen LogP contribution >= 0.6 is 0 Å². The third-order valence-electron chi connectivity index (χ3n) is 2.46. The fourth-order valence-electron chi connectivity index (χ4n) is 1.57. The molecule has 0 fully saturated rings. The summed E-state index contributed by atoms with van der Waals surface area (Å²) in [5.74, 6) is 5.46. The van der Waals surface area contributed by atoms with E-state index in [0.29, 0.717) is 5.49 Å². The first-order valence-electron chi connectivity index (χ1n) is 5.36. The lowest BCUT2D eigenvalue weighted by atomic mass is 10.2. The number of rotatable bonds is 2. The third-order valence-corrected chi connectivity index (χ3v) is 2.46. The second kappa shape index (κ2) is 5.18. The summed E-state index contributed by atoms with van der Waals surface area (Å²) in [6.07, 6.45) is 2.60. The molecule has 0 radical (unpaired) electrons. The zero-order valence-corrected chi connectivity index (χ0v) is 9.91. The van der Waals surface area contributed by atoms with Crippen LogP contribution < -0.4 is 11.3 Å². The first-order chi connectivity index (χ1) is 8.72. The van der Waals surface area contributed by atoms with Gasteiger partial charge in [0.15, 0.2) is 5.49 Å². The van der Waals surface area contributed by atoms with Crippen molar-refractivity contribution in [3.63, 3.8) is 0 Å². The minimum Gasteiger partial charge on any atom is -0.466 e. The lowest BCUT2D eigenvalue weighted by Gasteiger charge is -1.96. The van der Waals surface area contributed by atoms with Crippen LogP contribution in [0.1, 0.15) is 0 Å². The highest BCUT2D eigenvalue weighted by molar-refractivity contribution is 5.81. The molecule has 0 bridgehead atoms. The van der Waals surface area contributed by atoms with Gasteiger partial charge in [-0.2, -0.15) is 0 Å². The minimum atomic E-state index is -0.454. The van der Waals surface area contributed by atoms with E-state index in [-0.39, 0.29) is 0 Å². The number of fused-ring (bicyclic) bond motifs is 1. The van der Waals surface area contributed by atoms with E-state index in [1.807, 2.05) is 36.4 Å². The van der Waals surface area contributed by atoms with E-state index in [2.05, 4.69) is 9.73 Å². The van der Waals surface area contributed by atoms with Gasteiger partial charge in [0.1, 0.15) is 0 Å². The fourth-order valence-corrected chi connectivity index (χ4v) is 1.57. The monoisotopic (exact) mass is 243 g/mol. The molecule has 0 aromatic heterocycles. The van der Waals surface area contributed by atoms with Crippen LogP contribution in [0.3, 0.4) is 0 Å². The Hall–Kier alpha value is -2.56. The molecule has 0 saturated heterocycles. The average molecular weight is 243 g/mol. The van der Waals surface area contributed by atoms with E-state index in [1.165, 1.54) is 24.1 Å². The highest BCUT2D eigenvalue weighted by atomic mass is 16.5. The molecule has 0 unspecified atom stereocenters. The highest BCUT2D eigenvalue weighted by Crippen LogP contribution is 2.16. The molecule has 0 spiro atoms. The van der Waals surface area contributed by atoms with Crippen LogP contribution in [-0.4, -0.2) is 17.8 Å². The van der Waals surface area contributed by atoms with Gasteiger partial charge in [-0.3, -0.25) is 0 Å². The molecule has 1 aliphatic carbocycles. The average Bonchev–Trinajstić information content (AvgIpc) is 2.57. The number of carbonyl (C=O) groups is 1. The molecule has 2 rings (SSSR count). The Kier molecular flexibility index (Phi) is 3.43. The van der Waals surface area contributed by atoms with Crippen LogP contribution in [0.5, 0.6) is 0 Å². The topological polar surface area (TPSA) is 69.6 Å². The van der Waals surface area contributed by atoms with Crippen molar-refractivity contribution < 1.29 is 9.53 Å². The summed E-state index contributed by atoms with van der Waals surface area (Å²) >= 11 is 0. The number of nitrogens with zero attached hydrogens (tertiary/aromatic N) is 2. The van der Waals surface area contributed by atoms with Gasteiger partial charge in [0.05, 0.1) is 12.8 Å². The summed E-state index contributed by atoms with van der Waals surface area (Å²) in [5.41, 5.74) is 2.41. The van der Waals surface area contributed by atoms with Gasteiger partial charge in [0.25, 0.3) is 0 Å². The summed E-state index contributed by atoms with van der Waals surface area (Å²) < 4.78 is 5.94. The molecule has 1 aliphatic heterocycles. The van der Waals surface area contributed by atoms with Crippen molar-refractivity contribution in [3.05, 3.63) is 54.2 Å². The number of hydrogen-bond acceptors (Lipinski definition) is 4. The quantitative estimate of drug-likeness (QED) is 0.484. The maximum Gasteiger partial charge on any atom is 0.332 e. The summed E-state index contributed by atoms with van der Waals surface area (Å²) in [6, 6.07) is 11.4. The molecule has 18 heavy (non-hydrogen) atoms. The first-order valence-corrected chi connectivity index (χ1v) is 5.36. The maximum absolute atomic E-state index is 10.9. The molecule has 1 heterocycles. The van der Waals surface area contributed by atoms with Gasteiger partial charge >= 0.3 is 5.97 Å². The number of carbonyl (C=O) groups excluding carboxylic acids is 1. The van der Waals surface area contributed by atoms with E-state index >= 15 is 0 Å². The number of esters is 1. The lowest BCUT2D eigenvalue weighted by molar-refractivity contribution is -0.134. The molecular weight excluding hydrogens is 230 g/mol. The molecule has 5 heteroatoms. The van der Waals surface area contributed by atoms with Gasteiger partial charge < -0.3 is 10.6 Å². The van der Waals surface area contributed by atoms with Gasteiger partial charge in [-0.15, -0.1) is 0 Å². The number of hydrogen-bond donors (Lipinski definition) is 1. The molecular formula is C13H13N3O2. The molecule has 0 saturated carbocycles. The van der Waals surface area contributed by atoms with Gasteiger partial charge in [0, 0.05) is 17.8 Å². The lowest BCUT2D eigenvalue weighted by Crippen LogP contribution is -2.23. The number of ether oxygens (including phenoxy) is 1. The molecule has 0 atom stereocenters. The SMILES string of the molecule is COC(=O)/C=C/N=c1cc2cccccc-2n1N. The Morgan fingerprint density at radius 1 is 1.39 bits per heavy atom. The van der Waals surface area contributed by atoms with Gasteiger partial charge in [0.2, 0.25) is 0 Å². The zero-order valence-electron chi connectivity index (χ0n) is 9.91. The maximum atomic E-state index is 10.9. The smallest absolute Gasteiger partial charge is 0.332 e. The van der Waals surface area contributed by atoms with E-state index in [0.717, 1.165) is 11.3 Å². The summed E-state index contributed by atoms with van der Waals surface area (Å²) in [5, 5.41) is 0. The Balaban J connectivity index is 2.44. The highest BCUT2D eigenvalue weighted by Gasteiger charge is 2.05. The van der Waals surface area contributed by atoms with Crippen molar-refractivity contribution in [2.24, 2.45) is 4.99 Å². The summed E-state index contributed by atoms with van der Waals surface area (Å²) in [4.78, 5) is 15.0. The van der Waals surface area contributed by atoms with Crippen LogP contribution in [0, 0.1) is 0 Å². The Morgan fingerprint density at radius 2 is 2.17 bits per heavy atom. The molecule has 92 valence electrons. The molecule has 2 aliphatic rings. The summed E-state index contributed by atoms with van der Waals surface area (Å²) in [7, 11) is 1.31. The molecule has 0 amide bonds. The fraction of sp³-hybridized carbons (Fsp3) is 0.0769. The van der Waals surface area contributed by atoms with Gasteiger partial charge in [-0.05, 0) is 12.1 Å². The minimum absolute atomic E-state index is 0.454. The number of nitrogen functional groups attached to an aromatic ring is 1. The largest absolute Gasteiger partial charge is 0.466 e. The third kappa shape index (κ3) is 2.40. The van der Waals surface area contributed by atoms with Crippen molar-refractivity contribution in [2.45, 2.75) is 0 Å². The van der Waals surface area contributed by atoms with Crippen molar-refractivity contribution in [1.29, 1.82) is 0 Å². The van der Waals surface area contributed by atoms with E-state index in [1.54, 1.807) is 0 Å². The Morgan fingerprint density at radius 3 is 2.94 bits per heavy atom. The Bertz CT molecular complexity index is 628. The van der Waals surface area contributed by atoms with E-state index in [9.17, 15) is 4.79 Å². The molecule has 0 aromatic rings. The summed E-state index contributed by atoms with van der Waals surface area (Å²) in [6.45, 7) is 0. The van der Waals surface area contributed by atoms with Crippen LogP contribution in [0.25, 0.3) is 11.3 Å². The molecule has 0 aromatic carbocycles. The molecule has 5 nitrogen and oxygen atoms in total. The van der Waals surface area contributed by atoms with E-state index < -0.39 is 5.97 Å². The predicted molar refractivity (Wildman–Crippen MR) is 67.9 cm³/mol. The van der Waals surface area contributed by atoms with Crippen LogP contribution in [-0.2, 0) is 9.53 Å². The Labute approximate surface area is 104 Å². The predicted octanol–water partition coefficient (Wildman–Crippen LogP) is 0.894. The van der Waals surface area contributed by atoms with Gasteiger partial charge in [-0.1, -0.05) is 24.3 Å². The number of methoxy groups -OCH3 is 1. The van der Waals surface area contributed by atoms with Crippen molar-refractivity contribution in [1.82, 2.24) is 4.68 Å². The standard InChI is InChI=1S/C13H13N3O2/c1-18-13(17)7-8-15-12-9-10-5-3-2-4-6-11(10)16(12)14/h2-9H,14H2,1H3/b8-7+,15-12?. The van der Waals surface area contributed by atoms with Crippen LogP contribution in [0.2, 0.25) is 0 Å². The zero-order chi connectivity index (χ0) is 13.0. The van der Waals surface area contributed by atoms with E-state index in [4.69, 9.17) is 5.84 Å². The normalized spacial score (nSPS) is 12.2. The second-order valence-corrected chi connectivity index (χ2v) is 3.59. The molecule has 2 N–H and O–H groups in total. The second-order valence-electron chi connectivity index (χ2n) is 3.59. The van der Waals surface area contributed by atoms with Crippen LogP contribution in [0.4, 0.5) is 0 Å². The van der Waals surface area contributed by atoms with Crippen molar-refractivity contribution in [3.8, 4) is 11.3 Å². The van der Waals surface area contributed by atoms with Gasteiger partial charge in [-0.25, -0.2) is 14.5 Å². The number of aromatic nitrogens is 1.